The molecule has 0 aromatic heterocycles. The lowest BCUT2D eigenvalue weighted by Gasteiger charge is -1.96. The second kappa shape index (κ2) is 5.79. The summed E-state index contributed by atoms with van der Waals surface area (Å²) >= 11 is 0. The van der Waals surface area contributed by atoms with Crippen LogP contribution in [0.2, 0.25) is 0 Å². The molecular weight excluding hydrogens is 178 g/mol. The number of nitrogens with zero attached hydrogens (tertiary/aromatic N) is 1. The smallest absolute Gasteiger partial charge is 0.106 e. The van der Waals surface area contributed by atoms with Crippen molar-refractivity contribution >= 4 is 6.21 Å². The first kappa shape index (κ1) is 10.3. The van der Waals surface area contributed by atoms with Crippen LogP contribution in [0.15, 0.2) is 29.4 Å². The number of hydrogen-bond acceptors (Lipinski definition) is 3. The van der Waals surface area contributed by atoms with Crippen LogP contribution in [0, 0.1) is 11.8 Å². The van der Waals surface area contributed by atoms with Crippen molar-refractivity contribution in [3.63, 3.8) is 0 Å². The maximum absolute atomic E-state index is 8.56. The zero-order valence-electron chi connectivity index (χ0n) is 7.90. The minimum atomic E-state index is -0.143. The SMILES string of the molecule is CO/N=C/c1ccccc1C#CCO. The number of aliphatic hydroxyl groups is 1. The minimum absolute atomic E-state index is 0.143. The molecule has 0 radical (unpaired) electrons. The molecule has 0 aliphatic heterocycles. The van der Waals surface area contributed by atoms with Crippen molar-refractivity contribution in [3.8, 4) is 11.8 Å². The topological polar surface area (TPSA) is 41.8 Å². The van der Waals surface area contributed by atoms with E-state index < -0.39 is 0 Å². The Morgan fingerprint density at radius 1 is 1.50 bits per heavy atom. The van der Waals surface area contributed by atoms with E-state index in [1.807, 2.05) is 24.3 Å². The zero-order chi connectivity index (χ0) is 10.2. The lowest BCUT2D eigenvalue weighted by molar-refractivity contribution is 0.215. The highest BCUT2D eigenvalue weighted by molar-refractivity contribution is 5.83. The van der Waals surface area contributed by atoms with E-state index >= 15 is 0 Å². The van der Waals surface area contributed by atoms with Crippen molar-refractivity contribution in [2.24, 2.45) is 5.16 Å². The Kier molecular flexibility index (Phi) is 4.25. The third-order valence-corrected chi connectivity index (χ3v) is 1.56. The van der Waals surface area contributed by atoms with Gasteiger partial charge in [-0.1, -0.05) is 35.2 Å². The van der Waals surface area contributed by atoms with Gasteiger partial charge in [0.05, 0.1) is 6.21 Å². The van der Waals surface area contributed by atoms with E-state index in [2.05, 4.69) is 21.8 Å². The molecule has 0 heterocycles. The molecule has 3 heteroatoms. The summed E-state index contributed by atoms with van der Waals surface area (Å²) in [6.07, 6.45) is 1.58. The van der Waals surface area contributed by atoms with Gasteiger partial charge in [0.2, 0.25) is 0 Å². The molecule has 1 aromatic carbocycles. The van der Waals surface area contributed by atoms with Crippen molar-refractivity contribution in [2.75, 3.05) is 13.7 Å². The predicted molar refractivity (Wildman–Crippen MR) is 55.0 cm³/mol. The van der Waals surface area contributed by atoms with Crippen molar-refractivity contribution < 1.29 is 9.94 Å². The van der Waals surface area contributed by atoms with Gasteiger partial charge < -0.3 is 9.94 Å². The fourth-order valence-electron chi connectivity index (χ4n) is 0.968. The Morgan fingerprint density at radius 3 is 3.00 bits per heavy atom. The van der Waals surface area contributed by atoms with E-state index in [9.17, 15) is 0 Å². The Morgan fingerprint density at radius 2 is 2.29 bits per heavy atom. The van der Waals surface area contributed by atoms with Crippen LogP contribution in [0.4, 0.5) is 0 Å². The molecule has 14 heavy (non-hydrogen) atoms. The van der Waals surface area contributed by atoms with Crippen LogP contribution in [0.1, 0.15) is 11.1 Å². The van der Waals surface area contributed by atoms with Crippen LogP contribution in [-0.4, -0.2) is 25.0 Å². The molecule has 0 fully saturated rings. The molecule has 0 saturated carbocycles. The predicted octanol–water partition coefficient (Wildman–Crippen LogP) is 1.01. The fraction of sp³-hybridized carbons (Fsp3) is 0.182. The molecule has 0 amide bonds. The Balaban J connectivity index is 2.97. The summed E-state index contributed by atoms with van der Waals surface area (Å²) in [6, 6.07) is 7.51. The fourth-order valence-corrected chi connectivity index (χ4v) is 0.968. The first-order valence-corrected chi connectivity index (χ1v) is 4.13. The molecule has 72 valence electrons. The van der Waals surface area contributed by atoms with Crippen molar-refractivity contribution in [1.82, 2.24) is 0 Å². The summed E-state index contributed by atoms with van der Waals surface area (Å²) in [5.41, 5.74) is 1.69. The average molecular weight is 189 g/mol. The summed E-state index contributed by atoms with van der Waals surface area (Å²) in [4.78, 5) is 4.58. The summed E-state index contributed by atoms with van der Waals surface area (Å²) in [5.74, 6) is 5.41. The van der Waals surface area contributed by atoms with Crippen LogP contribution >= 0.6 is 0 Å². The van der Waals surface area contributed by atoms with Gasteiger partial charge in [0.1, 0.15) is 13.7 Å². The minimum Gasteiger partial charge on any atom is -0.399 e. The Labute approximate surface area is 83.0 Å². The van der Waals surface area contributed by atoms with E-state index in [1.165, 1.54) is 7.11 Å². The van der Waals surface area contributed by atoms with Crippen molar-refractivity contribution in [3.05, 3.63) is 35.4 Å². The van der Waals surface area contributed by atoms with Gasteiger partial charge >= 0.3 is 0 Å². The average Bonchev–Trinajstić information content (AvgIpc) is 2.24. The molecule has 0 unspecified atom stereocenters. The largest absolute Gasteiger partial charge is 0.399 e. The first-order chi connectivity index (χ1) is 6.88. The molecule has 0 spiro atoms. The standard InChI is InChI=1S/C11H11NO2/c1-14-12-9-11-6-3-2-5-10(11)7-4-8-13/h2-3,5-6,9,13H,8H2,1H3/b12-9+. The maximum Gasteiger partial charge on any atom is 0.106 e. The highest BCUT2D eigenvalue weighted by Gasteiger charge is 1.94. The van der Waals surface area contributed by atoms with E-state index in [1.54, 1.807) is 6.21 Å². The van der Waals surface area contributed by atoms with Crippen LogP contribution in [0.25, 0.3) is 0 Å². The molecule has 0 aliphatic carbocycles. The van der Waals surface area contributed by atoms with Crippen LogP contribution in [0.5, 0.6) is 0 Å². The number of oxime groups is 1. The molecular formula is C11H11NO2. The summed E-state index contributed by atoms with van der Waals surface area (Å²) < 4.78 is 0. The lowest BCUT2D eigenvalue weighted by Crippen LogP contribution is -1.88. The highest BCUT2D eigenvalue weighted by Crippen LogP contribution is 2.04. The zero-order valence-corrected chi connectivity index (χ0v) is 7.90. The second-order valence-corrected chi connectivity index (χ2v) is 2.46. The van der Waals surface area contributed by atoms with Crippen molar-refractivity contribution in [1.29, 1.82) is 0 Å². The normalized spacial score (nSPS) is 9.57. The lowest BCUT2D eigenvalue weighted by atomic mass is 10.1. The molecule has 0 atom stereocenters. The Bertz CT molecular complexity index is 374. The van der Waals surface area contributed by atoms with Gasteiger partial charge in [0.25, 0.3) is 0 Å². The van der Waals surface area contributed by atoms with Crippen LogP contribution in [-0.2, 0) is 4.84 Å². The maximum atomic E-state index is 8.56. The molecule has 1 N–H and O–H groups in total. The van der Waals surface area contributed by atoms with Gasteiger partial charge in [-0.05, 0) is 6.07 Å². The van der Waals surface area contributed by atoms with Gasteiger partial charge in [-0.15, -0.1) is 0 Å². The first-order valence-electron chi connectivity index (χ1n) is 4.13. The van der Waals surface area contributed by atoms with Crippen LogP contribution in [0.3, 0.4) is 0 Å². The molecule has 1 aromatic rings. The van der Waals surface area contributed by atoms with E-state index in [0.717, 1.165) is 11.1 Å². The molecule has 0 aliphatic rings. The molecule has 0 saturated heterocycles. The van der Waals surface area contributed by atoms with E-state index in [0.29, 0.717) is 0 Å². The van der Waals surface area contributed by atoms with E-state index in [4.69, 9.17) is 5.11 Å². The van der Waals surface area contributed by atoms with E-state index in [-0.39, 0.29) is 6.61 Å². The van der Waals surface area contributed by atoms with Gasteiger partial charge in [0.15, 0.2) is 0 Å². The monoisotopic (exact) mass is 189 g/mol. The number of aliphatic hydroxyl groups excluding tert-OH is 1. The highest BCUT2D eigenvalue weighted by atomic mass is 16.6. The molecule has 3 nitrogen and oxygen atoms in total. The quantitative estimate of drug-likeness (QED) is 0.428. The third-order valence-electron chi connectivity index (χ3n) is 1.56. The summed E-state index contributed by atoms with van der Waals surface area (Å²) in [7, 11) is 1.48. The van der Waals surface area contributed by atoms with Gasteiger partial charge in [-0.25, -0.2) is 0 Å². The second-order valence-electron chi connectivity index (χ2n) is 2.46. The number of hydrogen-bond donors (Lipinski definition) is 1. The third kappa shape index (κ3) is 2.92. The van der Waals surface area contributed by atoms with Gasteiger partial charge in [-0.2, -0.15) is 0 Å². The number of benzene rings is 1. The number of rotatable bonds is 2. The van der Waals surface area contributed by atoms with Crippen LogP contribution < -0.4 is 0 Å². The summed E-state index contributed by atoms with van der Waals surface area (Å²) in [6.45, 7) is -0.143. The Hall–Kier alpha value is -1.79. The van der Waals surface area contributed by atoms with Gasteiger partial charge in [0, 0.05) is 11.1 Å². The summed E-state index contributed by atoms with van der Waals surface area (Å²) in [5, 5.41) is 12.2. The molecule has 0 bridgehead atoms. The molecule has 1 rings (SSSR count). The van der Waals surface area contributed by atoms with Crippen molar-refractivity contribution in [2.45, 2.75) is 0 Å². The van der Waals surface area contributed by atoms with Gasteiger partial charge in [-0.3, -0.25) is 0 Å².